The average molecular weight is 274 g/mol. The van der Waals surface area contributed by atoms with Crippen molar-refractivity contribution in [2.45, 2.75) is 41.5 Å². The van der Waals surface area contributed by atoms with Gasteiger partial charge in [-0.1, -0.05) is 41.5 Å². The van der Waals surface area contributed by atoms with E-state index in [0.29, 0.717) is 0 Å². The monoisotopic (exact) mass is 274 g/mol. The van der Waals surface area contributed by atoms with Gasteiger partial charge in [0, 0.05) is 10.8 Å². The summed E-state index contributed by atoms with van der Waals surface area (Å²) in [5.41, 5.74) is -3.72. The topological polar surface area (TPSA) is 71.4 Å². The summed E-state index contributed by atoms with van der Waals surface area (Å²) in [6.45, 7) is 9.13. The summed E-state index contributed by atoms with van der Waals surface area (Å²) in [4.78, 5) is 32.9. The molecule has 0 atom stereocenters. The van der Waals surface area contributed by atoms with Gasteiger partial charge in [-0.05, 0) is 0 Å². The zero-order valence-corrected chi connectivity index (χ0v) is 11.0. The average Bonchev–Trinajstić information content (AvgIpc) is 1.98. The summed E-state index contributed by atoms with van der Waals surface area (Å²) in [7, 11) is -4.40. The molecule has 0 spiro atoms. The van der Waals surface area contributed by atoms with Crippen LogP contribution in [0.2, 0.25) is 0 Å². The van der Waals surface area contributed by atoms with Crippen LogP contribution in [0.4, 0.5) is 0 Å². The fraction of sp³-hybridized carbons (Fsp3) is 0.800. The van der Waals surface area contributed by atoms with E-state index in [-0.39, 0.29) is 51.4 Å². The summed E-state index contributed by atoms with van der Waals surface area (Å²) >= 11 is 0. The summed E-state index contributed by atoms with van der Waals surface area (Å²) < 4.78 is 11.8. The van der Waals surface area contributed by atoms with Gasteiger partial charge in [0.25, 0.3) is 0 Å². The van der Waals surface area contributed by atoms with E-state index in [1.165, 1.54) is 41.5 Å². The Morgan fingerprint density at radius 1 is 0.875 bits per heavy atom. The van der Waals surface area contributed by atoms with Gasteiger partial charge >= 0.3 is 58.8 Å². The summed E-state index contributed by atoms with van der Waals surface area (Å²) in [6, 6.07) is 0. The maximum atomic E-state index is 11.8. The van der Waals surface area contributed by atoms with Crippen LogP contribution >= 0.6 is 7.37 Å². The summed E-state index contributed by atoms with van der Waals surface area (Å²) in [5, 5.41) is 0. The normalized spacial score (nSPS) is 12.9. The Bertz CT molecular complexity index is 306. The van der Waals surface area contributed by atoms with E-state index < -0.39 is 29.2 Å². The van der Waals surface area contributed by atoms with E-state index in [9.17, 15) is 19.0 Å². The van der Waals surface area contributed by atoms with Crippen LogP contribution in [0.15, 0.2) is 0 Å². The van der Waals surface area contributed by atoms with Crippen molar-refractivity contribution < 1.29 is 19.0 Å². The zero-order valence-electron chi connectivity index (χ0n) is 10.1. The van der Waals surface area contributed by atoms with Crippen molar-refractivity contribution >= 4 is 69.8 Å². The van der Waals surface area contributed by atoms with Gasteiger partial charge in [0.2, 0.25) is 11.0 Å². The van der Waals surface area contributed by atoms with Gasteiger partial charge < -0.3 is 4.89 Å². The fourth-order valence-electron chi connectivity index (χ4n) is 1.00. The van der Waals surface area contributed by atoms with Crippen LogP contribution in [0, 0.1) is 10.8 Å². The second kappa shape index (κ2) is 5.87. The molecule has 0 aromatic heterocycles. The zero-order chi connectivity index (χ0) is 12.7. The van der Waals surface area contributed by atoms with E-state index in [0.717, 1.165) is 0 Å². The van der Waals surface area contributed by atoms with E-state index in [1.54, 1.807) is 0 Å². The molecule has 0 aliphatic carbocycles. The number of carbonyl (C=O) groups excluding carboxylic acids is 2. The van der Waals surface area contributed by atoms with Gasteiger partial charge in [0.15, 0.2) is 0 Å². The summed E-state index contributed by atoms with van der Waals surface area (Å²) in [6.07, 6.45) is 0. The van der Waals surface area contributed by atoms with Crippen LogP contribution in [0.3, 0.4) is 0 Å². The molecule has 0 radical (unpaired) electrons. The minimum atomic E-state index is -4.40. The second-order valence-corrected chi connectivity index (χ2v) is 7.65. The molecule has 0 fully saturated rings. The first-order valence-electron chi connectivity index (χ1n) is 4.74. The standard InChI is InChI=1S/C10H19O4P.K.H/c1-9(2,3)7(11)15(13,14)8(12)10(4,5)6;;/h1-6H3,(H,13,14);;. The van der Waals surface area contributed by atoms with Gasteiger partial charge in [0.05, 0.1) is 0 Å². The molecule has 0 saturated carbocycles. The van der Waals surface area contributed by atoms with E-state index >= 15 is 0 Å². The molecular formula is C10H20KO4P. The number of rotatable bonds is 2. The fourth-order valence-corrected chi connectivity index (χ4v) is 3.00. The molecule has 0 rings (SSSR count). The van der Waals surface area contributed by atoms with Crippen molar-refractivity contribution in [3.8, 4) is 0 Å². The quantitative estimate of drug-likeness (QED) is 0.615. The van der Waals surface area contributed by atoms with Crippen LogP contribution in [0.5, 0.6) is 0 Å². The molecule has 0 heterocycles. The molecule has 4 nitrogen and oxygen atoms in total. The van der Waals surface area contributed by atoms with E-state index in [2.05, 4.69) is 0 Å². The third kappa shape index (κ3) is 4.81. The summed E-state index contributed by atoms with van der Waals surface area (Å²) in [5.74, 6) is 0. The van der Waals surface area contributed by atoms with Crippen molar-refractivity contribution in [3.63, 3.8) is 0 Å². The van der Waals surface area contributed by atoms with Gasteiger partial charge in [-0.15, -0.1) is 0 Å². The molecule has 0 aliphatic rings. The van der Waals surface area contributed by atoms with Crippen LogP contribution in [-0.2, 0) is 14.2 Å². The SMILES string of the molecule is CC(C)(C)C(=O)P(=O)(O)C(=O)C(C)(C)C.[KH]. The molecule has 1 N–H and O–H groups in total. The molecule has 0 aromatic carbocycles. The Morgan fingerprint density at radius 3 is 1.19 bits per heavy atom. The van der Waals surface area contributed by atoms with Crippen molar-refractivity contribution in [2.24, 2.45) is 10.8 Å². The first-order valence-corrected chi connectivity index (χ1v) is 6.40. The van der Waals surface area contributed by atoms with Crippen LogP contribution in [0.25, 0.3) is 0 Å². The Morgan fingerprint density at radius 2 is 1.06 bits per heavy atom. The van der Waals surface area contributed by atoms with Gasteiger partial charge in [-0.25, -0.2) is 0 Å². The van der Waals surface area contributed by atoms with Crippen molar-refractivity contribution in [3.05, 3.63) is 0 Å². The van der Waals surface area contributed by atoms with Gasteiger partial charge in [-0.2, -0.15) is 0 Å². The third-order valence-electron chi connectivity index (χ3n) is 1.83. The van der Waals surface area contributed by atoms with E-state index in [4.69, 9.17) is 0 Å². The molecule has 0 amide bonds. The minimum absolute atomic E-state index is 0. The molecule has 90 valence electrons. The Hall–Kier alpha value is 1.17. The molecular weight excluding hydrogens is 254 g/mol. The van der Waals surface area contributed by atoms with Crippen LogP contribution in [0.1, 0.15) is 41.5 Å². The molecule has 0 aromatic rings. The molecule has 16 heavy (non-hydrogen) atoms. The molecule has 6 heteroatoms. The van der Waals surface area contributed by atoms with Gasteiger partial charge in [0.1, 0.15) is 0 Å². The maximum absolute atomic E-state index is 11.8. The van der Waals surface area contributed by atoms with Crippen molar-refractivity contribution in [1.82, 2.24) is 0 Å². The predicted molar refractivity (Wildman–Crippen MR) is 65.9 cm³/mol. The van der Waals surface area contributed by atoms with E-state index in [1.807, 2.05) is 0 Å². The molecule has 0 saturated heterocycles. The third-order valence-corrected chi connectivity index (χ3v) is 4.28. The number of hydrogen-bond donors (Lipinski definition) is 1. The van der Waals surface area contributed by atoms with Crippen molar-refractivity contribution in [1.29, 1.82) is 0 Å². The Kier molecular flexibility index (Phi) is 7.16. The first kappa shape index (κ1) is 19.5. The number of hydrogen-bond acceptors (Lipinski definition) is 3. The Balaban J connectivity index is 0. The first-order chi connectivity index (χ1) is 6.31. The van der Waals surface area contributed by atoms with Crippen LogP contribution in [-0.4, -0.2) is 67.3 Å². The predicted octanol–water partition coefficient (Wildman–Crippen LogP) is 1.75. The van der Waals surface area contributed by atoms with Gasteiger partial charge in [-0.3, -0.25) is 14.2 Å². The molecule has 0 unspecified atom stereocenters. The van der Waals surface area contributed by atoms with Crippen molar-refractivity contribution in [2.75, 3.05) is 0 Å². The van der Waals surface area contributed by atoms with Crippen LogP contribution < -0.4 is 0 Å². The molecule has 0 bridgehead atoms. The molecule has 0 aliphatic heterocycles. The second-order valence-electron chi connectivity index (χ2n) is 5.69. The number of carbonyl (C=O) groups is 2. The Labute approximate surface area is 139 Å².